The van der Waals surface area contributed by atoms with Gasteiger partial charge in [0.05, 0.1) is 12.7 Å². The Bertz CT molecular complexity index is 476. The van der Waals surface area contributed by atoms with Gasteiger partial charge in [0.1, 0.15) is 6.42 Å². The molecule has 90 valence electrons. The quantitative estimate of drug-likeness (QED) is 0.486. The minimum atomic E-state index is -1.10. The summed E-state index contributed by atoms with van der Waals surface area (Å²) in [5, 5.41) is 8.90. The summed E-state index contributed by atoms with van der Waals surface area (Å²) in [6, 6.07) is 4.38. The molecule has 1 aromatic rings. The summed E-state index contributed by atoms with van der Waals surface area (Å²) in [5.74, 6) is -2.19. The van der Waals surface area contributed by atoms with Crippen molar-refractivity contribution in [1.29, 1.82) is 0 Å². The number of hydrogen-bond acceptors (Lipinski definition) is 4. The smallest absolute Gasteiger partial charge is 0.335 e. The third kappa shape index (κ3) is 2.90. The Hall–Kier alpha value is -2.17. The number of rotatable bonds is 4. The highest BCUT2D eigenvalue weighted by molar-refractivity contribution is 6.08. The highest BCUT2D eigenvalue weighted by atomic mass is 16.5. The van der Waals surface area contributed by atoms with Crippen LogP contribution in [0.15, 0.2) is 18.2 Å². The van der Waals surface area contributed by atoms with E-state index in [0.29, 0.717) is 5.56 Å². The maximum absolute atomic E-state index is 11.7. The Kier molecular flexibility index (Phi) is 3.98. The number of carbonyl (C=O) groups is 3. The second-order valence-electron chi connectivity index (χ2n) is 3.46. The highest BCUT2D eigenvalue weighted by Gasteiger charge is 2.17. The molecule has 0 bridgehead atoms. The molecule has 0 aliphatic carbocycles. The van der Waals surface area contributed by atoms with Crippen LogP contribution in [0.1, 0.15) is 32.7 Å². The minimum Gasteiger partial charge on any atom is -0.478 e. The molecule has 1 rings (SSSR count). The van der Waals surface area contributed by atoms with Crippen LogP contribution in [0.2, 0.25) is 0 Å². The van der Waals surface area contributed by atoms with E-state index in [-0.39, 0.29) is 17.5 Å². The Morgan fingerprint density at radius 3 is 2.35 bits per heavy atom. The first-order valence-electron chi connectivity index (χ1n) is 4.90. The monoisotopic (exact) mass is 236 g/mol. The normalized spacial score (nSPS) is 9.76. The summed E-state index contributed by atoms with van der Waals surface area (Å²) in [7, 11) is 1.19. The van der Waals surface area contributed by atoms with E-state index in [0.717, 1.165) is 0 Å². The van der Waals surface area contributed by atoms with Crippen LogP contribution in [0.5, 0.6) is 0 Å². The molecule has 0 unspecified atom stereocenters. The van der Waals surface area contributed by atoms with Crippen molar-refractivity contribution in [1.82, 2.24) is 0 Å². The van der Waals surface area contributed by atoms with Gasteiger partial charge < -0.3 is 9.84 Å². The molecule has 0 fully saturated rings. The Morgan fingerprint density at radius 1 is 1.24 bits per heavy atom. The molecule has 1 N–H and O–H groups in total. The fraction of sp³-hybridized carbons (Fsp3) is 0.250. The average Bonchev–Trinajstić information content (AvgIpc) is 2.28. The van der Waals surface area contributed by atoms with Crippen molar-refractivity contribution in [2.75, 3.05) is 7.11 Å². The number of hydrogen-bond donors (Lipinski definition) is 1. The first-order valence-corrected chi connectivity index (χ1v) is 4.90. The molecule has 5 heteroatoms. The zero-order chi connectivity index (χ0) is 13.0. The summed E-state index contributed by atoms with van der Waals surface area (Å²) in [6.45, 7) is 1.54. The zero-order valence-corrected chi connectivity index (χ0v) is 9.52. The number of carbonyl (C=O) groups excluding carboxylic acids is 2. The lowest BCUT2D eigenvalue weighted by molar-refractivity contribution is -0.139. The van der Waals surface area contributed by atoms with Crippen LogP contribution in [0, 0.1) is 6.92 Å². The lowest BCUT2D eigenvalue weighted by atomic mass is 9.98. The van der Waals surface area contributed by atoms with Crippen LogP contribution in [-0.4, -0.2) is 29.9 Å². The molecule has 0 spiro atoms. The fourth-order valence-electron chi connectivity index (χ4n) is 1.47. The maximum atomic E-state index is 11.7. The van der Waals surface area contributed by atoms with E-state index in [1.807, 2.05) is 0 Å². The summed E-state index contributed by atoms with van der Waals surface area (Å²) in [6.07, 6.45) is -0.388. The van der Waals surface area contributed by atoms with Gasteiger partial charge in [-0.25, -0.2) is 4.79 Å². The number of carboxylic acid groups (broad SMARTS) is 1. The predicted octanol–water partition coefficient (Wildman–Crippen LogP) is 1.44. The Labute approximate surface area is 98.0 Å². The van der Waals surface area contributed by atoms with Crippen molar-refractivity contribution in [3.63, 3.8) is 0 Å². The van der Waals surface area contributed by atoms with E-state index in [1.165, 1.54) is 32.2 Å². The SMILES string of the molecule is COC(=O)CC(=O)c1cccc(C(=O)O)c1C. The van der Waals surface area contributed by atoms with Crippen LogP contribution < -0.4 is 0 Å². The molecule has 0 amide bonds. The molecule has 17 heavy (non-hydrogen) atoms. The Balaban J connectivity index is 3.07. The molecule has 1 aromatic carbocycles. The fourth-order valence-corrected chi connectivity index (χ4v) is 1.47. The van der Waals surface area contributed by atoms with Crippen molar-refractivity contribution in [3.05, 3.63) is 34.9 Å². The molecular weight excluding hydrogens is 224 g/mol. The van der Waals surface area contributed by atoms with Gasteiger partial charge >= 0.3 is 11.9 Å². The number of Topliss-reactive ketones (excluding diaryl/α,β-unsaturated/α-hetero) is 1. The summed E-state index contributed by atoms with van der Waals surface area (Å²) >= 11 is 0. The first-order chi connectivity index (χ1) is 7.97. The van der Waals surface area contributed by atoms with Gasteiger partial charge in [0.25, 0.3) is 0 Å². The number of carboxylic acids is 1. The van der Waals surface area contributed by atoms with Crippen molar-refractivity contribution in [3.8, 4) is 0 Å². The molecule has 0 saturated carbocycles. The second kappa shape index (κ2) is 5.25. The first kappa shape index (κ1) is 12.9. The molecule has 0 saturated heterocycles. The molecule has 0 aliphatic rings. The minimum absolute atomic E-state index is 0.0562. The van der Waals surface area contributed by atoms with Gasteiger partial charge in [0.15, 0.2) is 5.78 Å². The summed E-state index contributed by atoms with van der Waals surface area (Å²) in [4.78, 5) is 33.6. The van der Waals surface area contributed by atoms with Gasteiger partial charge in [0.2, 0.25) is 0 Å². The van der Waals surface area contributed by atoms with Gasteiger partial charge in [-0.05, 0) is 18.6 Å². The lowest BCUT2D eigenvalue weighted by Gasteiger charge is -2.06. The number of ether oxygens (including phenoxy) is 1. The van der Waals surface area contributed by atoms with Crippen LogP contribution >= 0.6 is 0 Å². The molecular formula is C12H12O5. The van der Waals surface area contributed by atoms with Crippen LogP contribution in [0.4, 0.5) is 0 Å². The largest absolute Gasteiger partial charge is 0.478 e. The van der Waals surface area contributed by atoms with Crippen molar-refractivity contribution < 1.29 is 24.2 Å². The van der Waals surface area contributed by atoms with Gasteiger partial charge in [-0.15, -0.1) is 0 Å². The molecule has 0 radical (unpaired) electrons. The Morgan fingerprint density at radius 2 is 1.82 bits per heavy atom. The summed E-state index contributed by atoms with van der Waals surface area (Å²) < 4.78 is 4.38. The van der Waals surface area contributed by atoms with Crippen molar-refractivity contribution in [2.24, 2.45) is 0 Å². The number of aromatic carboxylic acids is 1. The predicted molar refractivity (Wildman–Crippen MR) is 59.1 cm³/mol. The van der Waals surface area contributed by atoms with Crippen molar-refractivity contribution >= 4 is 17.7 Å². The third-order valence-electron chi connectivity index (χ3n) is 2.40. The zero-order valence-electron chi connectivity index (χ0n) is 9.52. The van der Waals surface area contributed by atoms with Crippen LogP contribution in [0.25, 0.3) is 0 Å². The van der Waals surface area contributed by atoms with E-state index >= 15 is 0 Å². The third-order valence-corrected chi connectivity index (χ3v) is 2.40. The second-order valence-corrected chi connectivity index (χ2v) is 3.46. The van der Waals surface area contributed by atoms with Gasteiger partial charge in [0, 0.05) is 5.56 Å². The molecule has 0 aliphatic heterocycles. The average molecular weight is 236 g/mol. The lowest BCUT2D eigenvalue weighted by Crippen LogP contribution is -2.12. The number of benzene rings is 1. The molecule has 0 atom stereocenters. The summed E-state index contributed by atoms with van der Waals surface area (Å²) in [5.41, 5.74) is 0.643. The van der Waals surface area contributed by atoms with E-state index < -0.39 is 17.7 Å². The van der Waals surface area contributed by atoms with E-state index in [2.05, 4.69) is 4.74 Å². The topological polar surface area (TPSA) is 80.7 Å². The van der Waals surface area contributed by atoms with Crippen molar-refractivity contribution in [2.45, 2.75) is 13.3 Å². The van der Waals surface area contributed by atoms with Gasteiger partial charge in [-0.1, -0.05) is 12.1 Å². The van der Waals surface area contributed by atoms with Crippen LogP contribution in [-0.2, 0) is 9.53 Å². The van der Waals surface area contributed by atoms with Gasteiger partial charge in [-0.2, -0.15) is 0 Å². The standard InChI is InChI=1S/C12H12O5/c1-7-8(10(13)6-11(14)17-2)4-3-5-9(7)12(15)16/h3-5H,6H2,1-2H3,(H,15,16). The molecule has 0 aromatic heterocycles. The van der Waals surface area contributed by atoms with Crippen LogP contribution in [0.3, 0.4) is 0 Å². The number of esters is 1. The molecule has 5 nitrogen and oxygen atoms in total. The highest BCUT2D eigenvalue weighted by Crippen LogP contribution is 2.15. The van der Waals surface area contributed by atoms with Gasteiger partial charge in [-0.3, -0.25) is 9.59 Å². The number of ketones is 1. The van der Waals surface area contributed by atoms with E-state index in [9.17, 15) is 14.4 Å². The van der Waals surface area contributed by atoms with E-state index in [4.69, 9.17) is 5.11 Å². The van der Waals surface area contributed by atoms with E-state index in [1.54, 1.807) is 0 Å². The molecule has 0 heterocycles. The maximum Gasteiger partial charge on any atom is 0.335 e. The number of methoxy groups -OCH3 is 1.